The van der Waals surface area contributed by atoms with Gasteiger partial charge in [0.25, 0.3) is 0 Å². The van der Waals surface area contributed by atoms with E-state index in [1.807, 2.05) is 22.3 Å². The predicted octanol–water partition coefficient (Wildman–Crippen LogP) is 6.23. The van der Waals surface area contributed by atoms with Gasteiger partial charge >= 0.3 is 0 Å². The molecule has 0 amide bonds. The maximum Gasteiger partial charge on any atom is 0.0467 e. The molecule has 0 aromatic rings. The Balaban J connectivity index is 1.34. The van der Waals surface area contributed by atoms with Gasteiger partial charge in [0, 0.05) is 10.8 Å². The van der Waals surface area contributed by atoms with E-state index in [0.717, 1.165) is 23.7 Å². The van der Waals surface area contributed by atoms with Crippen molar-refractivity contribution in [3.05, 3.63) is 22.3 Å². The van der Waals surface area contributed by atoms with Crippen molar-refractivity contribution in [2.75, 3.05) is 0 Å². The fourth-order valence-corrected chi connectivity index (χ4v) is 7.46. The topological polar surface area (TPSA) is 0 Å². The highest BCUT2D eigenvalue weighted by Gasteiger charge is 2.50. The van der Waals surface area contributed by atoms with Crippen LogP contribution in [0.1, 0.15) is 64.2 Å². The quantitative estimate of drug-likeness (QED) is 0.363. The molecule has 0 aliphatic heterocycles. The number of fused-ring (bicyclic) bond motifs is 4. The first-order chi connectivity index (χ1) is 10.8. The highest BCUT2D eigenvalue weighted by molar-refractivity contribution is 6.22. The molecule has 0 heterocycles. The van der Waals surface area contributed by atoms with E-state index in [2.05, 4.69) is 0 Å². The highest BCUT2D eigenvalue weighted by atomic mass is 35.5. The first-order valence-corrected chi connectivity index (χ1v) is 10.3. The van der Waals surface area contributed by atoms with Crippen LogP contribution in [0, 0.1) is 23.7 Å². The summed E-state index contributed by atoms with van der Waals surface area (Å²) in [6.07, 6.45) is 13.6. The Morgan fingerprint density at radius 1 is 0.545 bits per heavy atom. The van der Waals surface area contributed by atoms with Crippen LogP contribution in [0.5, 0.6) is 0 Å². The molecule has 0 aromatic heterocycles. The van der Waals surface area contributed by atoms with Gasteiger partial charge in [0.05, 0.1) is 0 Å². The summed E-state index contributed by atoms with van der Waals surface area (Å²) < 4.78 is 0. The van der Waals surface area contributed by atoms with Crippen LogP contribution in [0.2, 0.25) is 0 Å². The Morgan fingerprint density at radius 2 is 0.864 bits per heavy atom. The van der Waals surface area contributed by atoms with Crippen molar-refractivity contribution in [1.29, 1.82) is 0 Å². The van der Waals surface area contributed by atoms with E-state index in [-0.39, 0.29) is 0 Å². The van der Waals surface area contributed by atoms with Gasteiger partial charge in [0.1, 0.15) is 0 Å². The van der Waals surface area contributed by atoms with Crippen LogP contribution in [-0.4, -0.2) is 10.8 Å². The standard InChI is InChI=1S/C20H26Cl2/c21-19-13-3-1-4-14(19)17(13)11-7-9-12(10-8-11)18-15-5-2-6-16(18)20(15)22/h13-16,19-20H,1-10H2. The molecule has 0 radical (unpaired) electrons. The second-order valence-corrected chi connectivity index (χ2v) is 9.30. The normalized spacial score (nSPS) is 47.2. The molecule has 22 heavy (non-hydrogen) atoms. The first kappa shape index (κ1) is 14.4. The molecular weight excluding hydrogens is 311 g/mol. The highest BCUT2D eigenvalue weighted by Crippen LogP contribution is 2.58. The minimum Gasteiger partial charge on any atom is -0.122 e. The van der Waals surface area contributed by atoms with Gasteiger partial charge in [0.15, 0.2) is 0 Å². The summed E-state index contributed by atoms with van der Waals surface area (Å²) in [4.78, 5) is 0. The predicted molar refractivity (Wildman–Crippen MR) is 93.5 cm³/mol. The van der Waals surface area contributed by atoms with Gasteiger partial charge in [0.2, 0.25) is 0 Å². The van der Waals surface area contributed by atoms with Gasteiger partial charge in [-0.25, -0.2) is 0 Å². The monoisotopic (exact) mass is 336 g/mol. The number of alkyl halides is 2. The van der Waals surface area contributed by atoms with E-state index < -0.39 is 0 Å². The van der Waals surface area contributed by atoms with Crippen molar-refractivity contribution in [1.82, 2.24) is 0 Å². The zero-order chi connectivity index (χ0) is 14.8. The van der Waals surface area contributed by atoms with Gasteiger partial charge in [-0.15, -0.1) is 23.2 Å². The minimum absolute atomic E-state index is 0.471. The van der Waals surface area contributed by atoms with Gasteiger partial charge < -0.3 is 0 Å². The summed E-state index contributed by atoms with van der Waals surface area (Å²) in [6, 6.07) is 0. The fraction of sp³-hybridized carbons (Fsp3) is 0.800. The third-order valence-corrected chi connectivity index (χ3v) is 8.69. The molecule has 0 spiro atoms. The average Bonchev–Trinajstić information content (AvgIpc) is 2.60. The van der Waals surface area contributed by atoms with Gasteiger partial charge in [-0.2, -0.15) is 0 Å². The largest absolute Gasteiger partial charge is 0.122 e. The molecule has 5 aliphatic rings. The van der Waals surface area contributed by atoms with Gasteiger partial charge in [-0.3, -0.25) is 0 Å². The number of halogens is 2. The molecule has 2 heteroatoms. The van der Waals surface area contributed by atoms with Crippen LogP contribution in [0.25, 0.3) is 0 Å². The summed E-state index contributed by atoms with van der Waals surface area (Å²) in [5.41, 5.74) is 7.25. The molecule has 120 valence electrons. The molecule has 0 saturated heterocycles. The Labute approximate surface area is 144 Å². The maximum atomic E-state index is 6.56. The number of hydrogen-bond acceptors (Lipinski definition) is 0. The van der Waals surface area contributed by atoms with Crippen LogP contribution >= 0.6 is 23.2 Å². The Bertz CT molecular complexity index is 468. The molecule has 5 rings (SSSR count). The molecule has 4 atom stereocenters. The molecule has 4 unspecified atom stereocenters. The zero-order valence-corrected chi connectivity index (χ0v) is 14.8. The lowest BCUT2D eigenvalue weighted by atomic mass is 9.56. The zero-order valence-electron chi connectivity index (χ0n) is 13.3. The second-order valence-electron chi connectivity index (χ2n) is 8.29. The van der Waals surface area contributed by atoms with Crippen LogP contribution in [-0.2, 0) is 0 Å². The fourth-order valence-electron chi connectivity index (χ4n) is 6.41. The van der Waals surface area contributed by atoms with Crippen molar-refractivity contribution < 1.29 is 0 Å². The van der Waals surface area contributed by atoms with Crippen molar-refractivity contribution in [3.63, 3.8) is 0 Å². The summed E-state index contributed by atoms with van der Waals surface area (Å²) in [5, 5.41) is 0.943. The van der Waals surface area contributed by atoms with Crippen molar-refractivity contribution in [3.8, 4) is 0 Å². The lowest BCUT2D eigenvalue weighted by Gasteiger charge is -2.52. The number of rotatable bonds is 0. The molecule has 5 aliphatic carbocycles. The second kappa shape index (κ2) is 5.28. The van der Waals surface area contributed by atoms with Crippen LogP contribution in [0.3, 0.4) is 0 Å². The molecule has 5 fully saturated rings. The van der Waals surface area contributed by atoms with Crippen molar-refractivity contribution >= 4 is 23.2 Å². The maximum absolute atomic E-state index is 6.56. The molecular formula is C20H26Cl2. The molecule has 0 nitrogen and oxygen atoms in total. The molecule has 0 aromatic carbocycles. The first-order valence-electron chi connectivity index (χ1n) is 9.47. The van der Waals surface area contributed by atoms with E-state index in [9.17, 15) is 0 Å². The molecule has 0 N–H and O–H groups in total. The van der Waals surface area contributed by atoms with E-state index in [1.165, 1.54) is 64.2 Å². The Hall–Kier alpha value is 0.0600. The van der Waals surface area contributed by atoms with Gasteiger partial charge in [-0.05, 0) is 75.0 Å². The van der Waals surface area contributed by atoms with Crippen LogP contribution in [0.15, 0.2) is 22.3 Å². The minimum atomic E-state index is 0.471. The van der Waals surface area contributed by atoms with Crippen molar-refractivity contribution in [2.45, 2.75) is 75.0 Å². The lowest BCUT2D eigenvalue weighted by molar-refractivity contribution is 0.213. The number of allylic oxidation sites excluding steroid dienone is 4. The lowest BCUT2D eigenvalue weighted by Crippen LogP contribution is -2.46. The third-order valence-electron chi connectivity index (χ3n) is 7.47. The smallest absolute Gasteiger partial charge is 0.0467 e. The van der Waals surface area contributed by atoms with E-state index in [4.69, 9.17) is 23.2 Å². The Kier molecular flexibility index (Phi) is 3.46. The summed E-state index contributed by atoms with van der Waals surface area (Å²) in [5.74, 6) is 3.00. The average molecular weight is 337 g/mol. The van der Waals surface area contributed by atoms with E-state index >= 15 is 0 Å². The van der Waals surface area contributed by atoms with E-state index in [0.29, 0.717) is 10.8 Å². The SMILES string of the molecule is ClC1C2CCCC1C2=C1CCC(=C2C3CCCC2C3Cl)CC1. The molecule has 4 bridgehead atoms. The van der Waals surface area contributed by atoms with Crippen molar-refractivity contribution in [2.24, 2.45) is 23.7 Å². The number of hydrogen-bond donors (Lipinski definition) is 0. The Morgan fingerprint density at radius 3 is 1.14 bits per heavy atom. The molecule has 5 saturated carbocycles. The van der Waals surface area contributed by atoms with E-state index in [1.54, 1.807) is 0 Å². The summed E-state index contributed by atoms with van der Waals surface area (Å²) in [7, 11) is 0. The van der Waals surface area contributed by atoms with Crippen LogP contribution < -0.4 is 0 Å². The van der Waals surface area contributed by atoms with Crippen LogP contribution in [0.4, 0.5) is 0 Å². The summed E-state index contributed by atoms with van der Waals surface area (Å²) in [6.45, 7) is 0. The third kappa shape index (κ3) is 1.89. The van der Waals surface area contributed by atoms with Gasteiger partial charge in [-0.1, -0.05) is 35.1 Å². The summed E-state index contributed by atoms with van der Waals surface area (Å²) >= 11 is 13.1.